The number of methoxy groups -OCH3 is 1. The van der Waals surface area contributed by atoms with E-state index in [1.165, 1.54) is 0 Å². The first-order valence-corrected chi connectivity index (χ1v) is 4.77. The molecule has 1 aromatic carbocycles. The van der Waals surface area contributed by atoms with Crippen LogP contribution in [0.4, 0.5) is 0 Å². The maximum atomic E-state index is 5.77. The van der Waals surface area contributed by atoms with E-state index in [1.54, 1.807) is 7.11 Å². The van der Waals surface area contributed by atoms with Gasteiger partial charge in [-0.15, -0.1) is 12.4 Å². The molecule has 0 saturated heterocycles. The van der Waals surface area contributed by atoms with Crippen molar-refractivity contribution in [2.24, 2.45) is 11.5 Å². The van der Waals surface area contributed by atoms with Crippen LogP contribution in [0.15, 0.2) is 22.7 Å². The number of halogens is 2. The second-order valence-electron chi connectivity index (χ2n) is 2.74. The van der Waals surface area contributed by atoms with E-state index >= 15 is 0 Å². The Morgan fingerprint density at radius 3 is 2.57 bits per heavy atom. The van der Waals surface area contributed by atoms with Crippen LogP contribution in [-0.2, 0) is 0 Å². The molecule has 1 aromatic rings. The number of ether oxygens (including phenoxy) is 1. The van der Waals surface area contributed by atoms with Crippen molar-refractivity contribution >= 4 is 28.3 Å². The van der Waals surface area contributed by atoms with Crippen molar-refractivity contribution in [1.82, 2.24) is 0 Å². The van der Waals surface area contributed by atoms with Gasteiger partial charge in [-0.05, 0) is 33.6 Å². The van der Waals surface area contributed by atoms with E-state index < -0.39 is 0 Å². The minimum absolute atomic E-state index is 0. The van der Waals surface area contributed by atoms with Gasteiger partial charge in [-0.3, -0.25) is 0 Å². The summed E-state index contributed by atoms with van der Waals surface area (Å²) in [5.41, 5.74) is 12.2. The second kappa shape index (κ2) is 6.24. The molecule has 0 aromatic heterocycles. The molecule has 1 atom stereocenters. The summed E-state index contributed by atoms with van der Waals surface area (Å²) in [6, 6.07) is 5.61. The van der Waals surface area contributed by atoms with Gasteiger partial charge in [0, 0.05) is 12.6 Å². The minimum Gasteiger partial charge on any atom is -0.496 e. The number of benzene rings is 1. The first kappa shape index (κ1) is 13.7. The largest absolute Gasteiger partial charge is 0.496 e. The molecule has 80 valence electrons. The Morgan fingerprint density at radius 2 is 2.14 bits per heavy atom. The van der Waals surface area contributed by atoms with Crippen LogP contribution in [0.3, 0.4) is 0 Å². The normalized spacial score (nSPS) is 11.7. The van der Waals surface area contributed by atoms with Crippen LogP contribution < -0.4 is 16.2 Å². The van der Waals surface area contributed by atoms with Gasteiger partial charge in [-0.1, -0.05) is 6.07 Å². The third-order valence-corrected chi connectivity index (χ3v) is 2.48. The van der Waals surface area contributed by atoms with Crippen LogP contribution >= 0.6 is 28.3 Å². The quantitative estimate of drug-likeness (QED) is 0.889. The van der Waals surface area contributed by atoms with Gasteiger partial charge >= 0.3 is 0 Å². The molecule has 0 aliphatic heterocycles. The summed E-state index contributed by atoms with van der Waals surface area (Å²) in [4.78, 5) is 0. The molecular formula is C9H14BrClN2O. The van der Waals surface area contributed by atoms with Crippen molar-refractivity contribution in [3.8, 4) is 5.75 Å². The van der Waals surface area contributed by atoms with E-state index in [2.05, 4.69) is 15.9 Å². The first-order chi connectivity index (χ1) is 6.19. The maximum Gasteiger partial charge on any atom is 0.133 e. The van der Waals surface area contributed by atoms with E-state index in [0.717, 1.165) is 15.8 Å². The van der Waals surface area contributed by atoms with Crippen LogP contribution in [0, 0.1) is 0 Å². The maximum absolute atomic E-state index is 5.77. The van der Waals surface area contributed by atoms with Gasteiger partial charge in [-0.25, -0.2) is 0 Å². The zero-order chi connectivity index (χ0) is 9.84. The van der Waals surface area contributed by atoms with Gasteiger partial charge in [0.1, 0.15) is 5.75 Å². The molecule has 4 N–H and O–H groups in total. The predicted molar refractivity (Wildman–Crippen MR) is 63.9 cm³/mol. The van der Waals surface area contributed by atoms with E-state index in [4.69, 9.17) is 16.2 Å². The molecule has 1 rings (SSSR count). The Balaban J connectivity index is 0.00000169. The van der Waals surface area contributed by atoms with Crippen LogP contribution in [0.5, 0.6) is 5.75 Å². The molecular weight excluding hydrogens is 267 g/mol. The van der Waals surface area contributed by atoms with Gasteiger partial charge in [0.2, 0.25) is 0 Å². The summed E-state index contributed by atoms with van der Waals surface area (Å²) < 4.78 is 5.99. The predicted octanol–water partition coefficient (Wildman–Crippen LogP) is 1.84. The van der Waals surface area contributed by atoms with Crippen molar-refractivity contribution in [1.29, 1.82) is 0 Å². The minimum atomic E-state index is -0.109. The second-order valence-corrected chi connectivity index (χ2v) is 3.59. The first-order valence-electron chi connectivity index (χ1n) is 3.98. The summed E-state index contributed by atoms with van der Waals surface area (Å²) in [7, 11) is 1.63. The lowest BCUT2D eigenvalue weighted by molar-refractivity contribution is 0.412. The topological polar surface area (TPSA) is 61.3 Å². The fourth-order valence-electron chi connectivity index (χ4n) is 1.05. The SMILES string of the molecule is COc1ccc([C@H](N)CN)cc1Br.Cl. The Bertz CT molecular complexity index is 296. The molecule has 0 bridgehead atoms. The number of hydrogen-bond acceptors (Lipinski definition) is 3. The summed E-state index contributed by atoms with van der Waals surface area (Å²) in [6.45, 7) is 0.443. The average Bonchev–Trinajstić information content (AvgIpc) is 2.16. The molecule has 0 heterocycles. The summed E-state index contributed by atoms with van der Waals surface area (Å²) in [6.07, 6.45) is 0. The molecule has 0 saturated carbocycles. The van der Waals surface area contributed by atoms with Gasteiger partial charge in [0.25, 0.3) is 0 Å². The summed E-state index contributed by atoms with van der Waals surface area (Å²) in [5, 5.41) is 0. The monoisotopic (exact) mass is 280 g/mol. The molecule has 0 unspecified atom stereocenters. The fourth-order valence-corrected chi connectivity index (χ4v) is 1.61. The van der Waals surface area contributed by atoms with E-state index in [-0.39, 0.29) is 18.4 Å². The molecule has 0 spiro atoms. The van der Waals surface area contributed by atoms with E-state index in [1.807, 2.05) is 18.2 Å². The van der Waals surface area contributed by atoms with Crippen LogP contribution in [0.2, 0.25) is 0 Å². The smallest absolute Gasteiger partial charge is 0.133 e. The molecule has 0 aliphatic rings. The molecule has 0 fully saturated rings. The van der Waals surface area contributed by atoms with Crippen LogP contribution in [0.25, 0.3) is 0 Å². The van der Waals surface area contributed by atoms with Gasteiger partial charge in [-0.2, -0.15) is 0 Å². The summed E-state index contributed by atoms with van der Waals surface area (Å²) >= 11 is 3.38. The highest BCUT2D eigenvalue weighted by Crippen LogP contribution is 2.27. The Labute approximate surface area is 98.3 Å². The number of rotatable bonds is 3. The fraction of sp³-hybridized carbons (Fsp3) is 0.333. The highest BCUT2D eigenvalue weighted by molar-refractivity contribution is 9.10. The lowest BCUT2D eigenvalue weighted by Gasteiger charge is -2.11. The number of hydrogen-bond donors (Lipinski definition) is 2. The molecule has 0 amide bonds. The van der Waals surface area contributed by atoms with Crippen molar-refractivity contribution in [3.63, 3.8) is 0 Å². The lowest BCUT2D eigenvalue weighted by Crippen LogP contribution is -2.20. The third-order valence-electron chi connectivity index (χ3n) is 1.86. The summed E-state index contributed by atoms with van der Waals surface area (Å²) in [5.74, 6) is 0.799. The van der Waals surface area contributed by atoms with Gasteiger partial charge < -0.3 is 16.2 Å². The van der Waals surface area contributed by atoms with Crippen LogP contribution in [-0.4, -0.2) is 13.7 Å². The van der Waals surface area contributed by atoms with Gasteiger partial charge in [0.05, 0.1) is 11.6 Å². The highest BCUT2D eigenvalue weighted by Gasteiger charge is 2.06. The molecule has 3 nitrogen and oxygen atoms in total. The van der Waals surface area contributed by atoms with Crippen LogP contribution in [0.1, 0.15) is 11.6 Å². The van der Waals surface area contributed by atoms with Crippen molar-refractivity contribution in [3.05, 3.63) is 28.2 Å². The Morgan fingerprint density at radius 1 is 1.50 bits per heavy atom. The highest BCUT2D eigenvalue weighted by atomic mass is 79.9. The van der Waals surface area contributed by atoms with E-state index in [0.29, 0.717) is 6.54 Å². The molecule has 0 radical (unpaired) electrons. The van der Waals surface area contributed by atoms with Crippen molar-refractivity contribution in [2.75, 3.05) is 13.7 Å². The zero-order valence-corrected chi connectivity index (χ0v) is 10.3. The average molecular weight is 282 g/mol. The molecule has 5 heteroatoms. The lowest BCUT2D eigenvalue weighted by atomic mass is 10.1. The van der Waals surface area contributed by atoms with Crippen molar-refractivity contribution < 1.29 is 4.74 Å². The standard InChI is InChI=1S/C9H13BrN2O.ClH/c1-13-9-3-2-6(4-7(9)10)8(12)5-11;/h2-4,8H,5,11-12H2,1H3;1H/t8-;/m1./s1. The van der Waals surface area contributed by atoms with Crippen molar-refractivity contribution in [2.45, 2.75) is 6.04 Å². The Hall–Kier alpha value is -0.290. The van der Waals surface area contributed by atoms with Gasteiger partial charge in [0.15, 0.2) is 0 Å². The zero-order valence-electron chi connectivity index (χ0n) is 7.87. The third kappa shape index (κ3) is 3.13. The Kier molecular flexibility index (Phi) is 6.11. The molecule has 14 heavy (non-hydrogen) atoms. The van der Waals surface area contributed by atoms with E-state index in [9.17, 15) is 0 Å². The number of nitrogens with two attached hydrogens (primary N) is 2. The molecule has 0 aliphatic carbocycles.